The molecule has 0 heterocycles. The first-order chi connectivity index (χ1) is 7.63. The standard InChI is InChI=1S/C12H23FO2S/c1-4-15-12(14)11(10(2)3)16-9-7-5-6-8-13/h10-11H,4-9H2,1-3H3. The molecule has 96 valence electrons. The zero-order valence-corrected chi connectivity index (χ0v) is 11.3. The Hall–Kier alpha value is -0.250. The molecular weight excluding hydrogens is 227 g/mol. The van der Waals surface area contributed by atoms with Crippen molar-refractivity contribution in [1.29, 1.82) is 0 Å². The number of carbonyl (C=O) groups excluding carboxylic acids is 1. The molecule has 0 saturated heterocycles. The average Bonchev–Trinajstić information content (AvgIpc) is 2.23. The SMILES string of the molecule is CCOC(=O)C(SCCCCCF)C(C)C. The van der Waals surface area contributed by atoms with Crippen molar-refractivity contribution >= 4 is 17.7 Å². The van der Waals surface area contributed by atoms with Crippen LogP contribution < -0.4 is 0 Å². The topological polar surface area (TPSA) is 26.3 Å². The summed E-state index contributed by atoms with van der Waals surface area (Å²) in [4.78, 5) is 11.6. The second-order valence-electron chi connectivity index (χ2n) is 4.04. The first-order valence-electron chi connectivity index (χ1n) is 5.97. The minimum absolute atomic E-state index is 0.0784. The number of thioether (sulfide) groups is 1. The van der Waals surface area contributed by atoms with Gasteiger partial charge in [-0.05, 0) is 31.4 Å². The zero-order chi connectivity index (χ0) is 12.4. The molecule has 1 unspecified atom stereocenters. The summed E-state index contributed by atoms with van der Waals surface area (Å²) in [7, 11) is 0. The fourth-order valence-corrected chi connectivity index (χ4v) is 2.55. The van der Waals surface area contributed by atoms with Crippen LogP contribution in [0, 0.1) is 5.92 Å². The predicted octanol–water partition coefficient (Wildman–Crippen LogP) is 3.45. The van der Waals surface area contributed by atoms with Crippen LogP contribution in [-0.2, 0) is 9.53 Å². The first kappa shape index (κ1) is 15.8. The van der Waals surface area contributed by atoms with Crippen molar-refractivity contribution in [1.82, 2.24) is 0 Å². The number of alkyl halides is 1. The number of hydrogen-bond donors (Lipinski definition) is 0. The highest BCUT2D eigenvalue weighted by molar-refractivity contribution is 8.00. The summed E-state index contributed by atoms with van der Waals surface area (Å²) in [5, 5.41) is -0.0784. The molecule has 0 fully saturated rings. The van der Waals surface area contributed by atoms with Crippen molar-refractivity contribution in [2.75, 3.05) is 19.0 Å². The zero-order valence-electron chi connectivity index (χ0n) is 10.5. The van der Waals surface area contributed by atoms with Gasteiger partial charge >= 0.3 is 5.97 Å². The third-order valence-electron chi connectivity index (χ3n) is 2.20. The molecule has 0 rings (SSSR count). The van der Waals surface area contributed by atoms with Crippen LogP contribution in [0.1, 0.15) is 40.0 Å². The molecule has 16 heavy (non-hydrogen) atoms. The lowest BCUT2D eigenvalue weighted by Crippen LogP contribution is -2.26. The maximum absolute atomic E-state index is 11.9. The number of rotatable bonds is 9. The number of ether oxygens (including phenoxy) is 1. The van der Waals surface area contributed by atoms with Crippen LogP contribution >= 0.6 is 11.8 Å². The van der Waals surface area contributed by atoms with Crippen LogP contribution in [0.15, 0.2) is 0 Å². The molecule has 0 amide bonds. The monoisotopic (exact) mass is 250 g/mol. The Bertz CT molecular complexity index is 186. The van der Waals surface area contributed by atoms with Gasteiger partial charge < -0.3 is 4.74 Å². The molecule has 0 radical (unpaired) electrons. The van der Waals surface area contributed by atoms with E-state index in [2.05, 4.69) is 0 Å². The Morgan fingerprint density at radius 2 is 2.00 bits per heavy atom. The molecule has 0 bridgehead atoms. The molecule has 0 N–H and O–H groups in total. The van der Waals surface area contributed by atoms with Crippen LogP contribution in [0.25, 0.3) is 0 Å². The van der Waals surface area contributed by atoms with Gasteiger partial charge in [0, 0.05) is 0 Å². The number of esters is 1. The number of carbonyl (C=O) groups is 1. The largest absolute Gasteiger partial charge is 0.465 e. The fraction of sp³-hybridized carbons (Fsp3) is 0.917. The van der Waals surface area contributed by atoms with Gasteiger partial charge in [0.15, 0.2) is 0 Å². The highest BCUT2D eigenvalue weighted by atomic mass is 32.2. The molecular formula is C12H23FO2S. The molecule has 1 atom stereocenters. The van der Waals surface area contributed by atoms with Crippen LogP contribution in [0.5, 0.6) is 0 Å². The van der Waals surface area contributed by atoms with E-state index in [1.54, 1.807) is 11.8 Å². The van der Waals surface area contributed by atoms with Gasteiger partial charge in [-0.1, -0.05) is 20.3 Å². The molecule has 0 spiro atoms. The second-order valence-corrected chi connectivity index (χ2v) is 5.29. The molecule has 0 aromatic carbocycles. The van der Waals surface area contributed by atoms with E-state index in [9.17, 15) is 9.18 Å². The van der Waals surface area contributed by atoms with Crippen molar-refractivity contribution < 1.29 is 13.9 Å². The van der Waals surface area contributed by atoms with Gasteiger partial charge in [0.05, 0.1) is 13.3 Å². The van der Waals surface area contributed by atoms with Crippen LogP contribution in [0.3, 0.4) is 0 Å². The summed E-state index contributed by atoms with van der Waals surface area (Å²) in [6, 6.07) is 0. The Morgan fingerprint density at radius 3 is 2.50 bits per heavy atom. The lowest BCUT2D eigenvalue weighted by Gasteiger charge is -2.18. The third kappa shape index (κ3) is 7.09. The summed E-state index contributed by atoms with van der Waals surface area (Å²) < 4.78 is 16.9. The average molecular weight is 250 g/mol. The lowest BCUT2D eigenvalue weighted by molar-refractivity contribution is -0.143. The molecule has 0 aliphatic heterocycles. The maximum atomic E-state index is 11.9. The smallest absolute Gasteiger partial charge is 0.319 e. The number of unbranched alkanes of at least 4 members (excludes halogenated alkanes) is 2. The van der Waals surface area contributed by atoms with E-state index in [1.807, 2.05) is 20.8 Å². The number of hydrogen-bond acceptors (Lipinski definition) is 3. The van der Waals surface area contributed by atoms with Gasteiger partial charge in [-0.3, -0.25) is 9.18 Å². The quantitative estimate of drug-likeness (QED) is 0.463. The molecule has 4 heteroatoms. The normalized spacial score (nSPS) is 12.8. The predicted molar refractivity (Wildman–Crippen MR) is 67.5 cm³/mol. The fourth-order valence-electron chi connectivity index (χ4n) is 1.34. The van der Waals surface area contributed by atoms with Gasteiger partial charge in [-0.15, -0.1) is 11.8 Å². The van der Waals surface area contributed by atoms with Crippen molar-refractivity contribution in [3.05, 3.63) is 0 Å². The van der Waals surface area contributed by atoms with Crippen molar-refractivity contribution in [2.45, 2.75) is 45.3 Å². The molecule has 0 aliphatic rings. The first-order valence-corrected chi connectivity index (χ1v) is 7.02. The lowest BCUT2D eigenvalue weighted by atomic mass is 10.1. The van der Waals surface area contributed by atoms with Gasteiger partial charge in [-0.25, -0.2) is 0 Å². The summed E-state index contributed by atoms with van der Waals surface area (Å²) in [6.07, 6.45) is 2.50. The van der Waals surface area contributed by atoms with E-state index >= 15 is 0 Å². The molecule has 0 aromatic heterocycles. The van der Waals surface area contributed by atoms with Crippen molar-refractivity contribution in [3.63, 3.8) is 0 Å². The van der Waals surface area contributed by atoms with E-state index in [-0.39, 0.29) is 23.8 Å². The van der Waals surface area contributed by atoms with Gasteiger partial charge in [0.2, 0.25) is 0 Å². The summed E-state index contributed by atoms with van der Waals surface area (Å²) in [5.41, 5.74) is 0. The Kier molecular flexibility index (Phi) is 9.78. The van der Waals surface area contributed by atoms with Gasteiger partial charge in [0.1, 0.15) is 5.25 Å². The summed E-state index contributed by atoms with van der Waals surface area (Å²) >= 11 is 1.63. The van der Waals surface area contributed by atoms with E-state index in [1.165, 1.54) is 0 Å². The summed E-state index contributed by atoms with van der Waals surface area (Å²) in [5.74, 6) is 1.07. The van der Waals surface area contributed by atoms with Gasteiger partial charge in [-0.2, -0.15) is 0 Å². The highest BCUT2D eigenvalue weighted by Gasteiger charge is 2.23. The highest BCUT2D eigenvalue weighted by Crippen LogP contribution is 2.22. The van der Waals surface area contributed by atoms with Crippen LogP contribution in [-0.4, -0.2) is 30.3 Å². The van der Waals surface area contributed by atoms with Crippen LogP contribution in [0.4, 0.5) is 4.39 Å². The minimum Gasteiger partial charge on any atom is -0.465 e. The van der Waals surface area contributed by atoms with E-state index in [0.717, 1.165) is 18.6 Å². The van der Waals surface area contributed by atoms with E-state index < -0.39 is 0 Å². The summed E-state index contributed by atoms with van der Waals surface area (Å²) in [6.45, 7) is 6.06. The Labute approximate surface area is 102 Å². The van der Waals surface area contributed by atoms with Crippen LogP contribution in [0.2, 0.25) is 0 Å². The minimum atomic E-state index is -0.240. The Balaban J connectivity index is 3.81. The molecule has 0 saturated carbocycles. The third-order valence-corrected chi connectivity index (χ3v) is 3.82. The Morgan fingerprint density at radius 1 is 1.31 bits per heavy atom. The van der Waals surface area contributed by atoms with Crippen molar-refractivity contribution in [3.8, 4) is 0 Å². The molecule has 0 aromatic rings. The van der Waals surface area contributed by atoms with Gasteiger partial charge in [0.25, 0.3) is 0 Å². The van der Waals surface area contributed by atoms with Crippen molar-refractivity contribution in [2.24, 2.45) is 5.92 Å². The molecule has 0 aliphatic carbocycles. The van der Waals surface area contributed by atoms with E-state index in [0.29, 0.717) is 13.0 Å². The molecule has 2 nitrogen and oxygen atoms in total. The van der Waals surface area contributed by atoms with E-state index in [4.69, 9.17) is 4.74 Å². The number of halogens is 1. The second kappa shape index (κ2) is 9.94. The maximum Gasteiger partial charge on any atom is 0.319 e.